The second-order valence-electron chi connectivity index (χ2n) is 4.49. The van der Waals surface area contributed by atoms with Crippen molar-refractivity contribution in [1.29, 1.82) is 0 Å². The minimum atomic E-state index is -0.0600. The average Bonchev–Trinajstić information content (AvgIpc) is 2.88. The third kappa shape index (κ3) is 3.93. The van der Waals surface area contributed by atoms with E-state index in [2.05, 4.69) is 27.8 Å². The Labute approximate surface area is 112 Å². The Kier molecular flexibility index (Phi) is 4.30. The molecule has 5 nitrogen and oxygen atoms in total. The van der Waals surface area contributed by atoms with Crippen molar-refractivity contribution in [1.82, 2.24) is 15.5 Å². The van der Waals surface area contributed by atoms with E-state index >= 15 is 0 Å². The van der Waals surface area contributed by atoms with Gasteiger partial charge in [-0.1, -0.05) is 12.1 Å². The summed E-state index contributed by atoms with van der Waals surface area (Å²) in [4.78, 5) is 11.0. The van der Waals surface area contributed by atoms with E-state index in [1.54, 1.807) is 6.20 Å². The lowest BCUT2D eigenvalue weighted by Gasteiger charge is -2.14. The summed E-state index contributed by atoms with van der Waals surface area (Å²) in [5.41, 5.74) is 3.00. The highest BCUT2D eigenvalue weighted by Gasteiger charge is 2.06. The van der Waals surface area contributed by atoms with Crippen LogP contribution < -0.4 is 10.6 Å². The van der Waals surface area contributed by atoms with Crippen LogP contribution in [0.3, 0.4) is 0 Å². The summed E-state index contributed by atoms with van der Waals surface area (Å²) >= 11 is 0. The summed E-state index contributed by atoms with van der Waals surface area (Å²) in [6.45, 7) is 4.32. The van der Waals surface area contributed by atoms with Gasteiger partial charge in [0.25, 0.3) is 0 Å². The maximum absolute atomic E-state index is 11.0. The van der Waals surface area contributed by atoms with Crippen LogP contribution in [0.5, 0.6) is 0 Å². The van der Waals surface area contributed by atoms with Crippen molar-refractivity contribution in [2.45, 2.75) is 26.4 Å². The molecule has 1 aromatic heterocycles. The Balaban J connectivity index is 1.98. The van der Waals surface area contributed by atoms with Crippen molar-refractivity contribution < 1.29 is 4.79 Å². The van der Waals surface area contributed by atoms with Gasteiger partial charge in [0.1, 0.15) is 0 Å². The standard InChI is InChI=1S/C14H18N4O/c1-10(15-9-14-6-7-16-18-14)12-4-3-5-13(8-12)17-11(2)19/h3-8,10,15H,9H2,1-2H3,(H,16,18)(H,17,19). The summed E-state index contributed by atoms with van der Waals surface area (Å²) in [6, 6.07) is 9.97. The molecular weight excluding hydrogens is 240 g/mol. The number of carbonyl (C=O) groups is 1. The molecule has 0 saturated carbocycles. The van der Waals surface area contributed by atoms with Gasteiger partial charge < -0.3 is 10.6 Å². The van der Waals surface area contributed by atoms with E-state index in [1.807, 2.05) is 30.3 Å². The zero-order valence-corrected chi connectivity index (χ0v) is 11.1. The fraction of sp³-hybridized carbons (Fsp3) is 0.286. The quantitative estimate of drug-likeness (QED) is 0.770. The van der Waals surface area contributed by atoms with Gasteiger partial charge in [0.05, 0.1) is 0 Å². The number of H-pyrrole nitrogens is 1. The van der Waals surface area contributed by atoms with Crippen LogP contribution in [0, 0.1) is 0 Å². The molecule has 0 spiro atoms. The molecule has 2 rings (SSSR count). The Morgan fingerprint density at radius 3 is 2.95 bits per heavy atom. The summed E-state index contributed by atoms with van der Waals surface area (Å²) in [5, 5.41) is 13.0. The molecule has 1 amide bonds. The van der Waals surface area contributed by atoms with Crippen LogP contribution in [0.25, 0.3) is 0 Å². The van der Waals surface area contributed by atoms with Gasteiger partial charge in [-0.15, -0.1) is 0 Å². The van der Waals surface area contributed by atoms with Gasteiger partial charge in [-0.3, -0.25) is 9.89 Å². The number of nitrogens with zero attached hydrogens (tertiary/aromatic N) is 1. The van der Waals surface area contributed by atoms with Crippen LogP contribution in [-0.2, 0) is 11.3 Å². The first-order chi connectivity index (χ1) is 9.15. The molecule has 0 fully saturated rings. The zero-order chi connectivity index (χ0) is 13.7. The maximum Gasteiger partial charge on any atom is 0.221 e. The molecule has 100 valence electrons. The van der Waals surface area contributed by atoms with E-state index in [9.17, 15) is 4.79 Å². The maximum atomic E-state index is 11.0. The Hall–Kier alpha value is -2.14. The Morgan fingerprint density at radius 1 is 1.42 bits per heavy atom. The lowest BCUT2D eigenvalue weighted by atomic mass is 10.1. The molecule has 1 atom stereocenters. The van der Waals surface area contributed by atoms with Crippen molar-refractivity contribution in [2.24, 2.45) is 0 Å². The van der Waals surface area contributed by atoms with E-state index in [4.69, 9.17) is 0 Å². The lowest BCUT2D eigenvalue weighted by Crippen LogP contribution is -2.18. The van der Waals surface area contributed by atoms with Crippen LogP contribution in [0.4, 0.5) is 5.69 Å². The van der Waals surface area contributed by atoms with Crippen LogP contribution in [0.2, 0.25) is 0 Å². The molecule has 19 heavy (non-hydrogen) atoms. The molecule has 1 aromatic carbocycles. The van der Waals surface area contributed by atoms with E-state index < -0.39 is 0 Å². The molecule has 1 unspecified atom stereocenters. The summed E-state index contributed by atoms with van der Waals surface area (Å²) < 4.78 is 0. The minimum absolute atomic E-state index is 0.0600. The number of rotatable bonds is 5. The topological polar surface area (TPSA) is 69.8 Å². The molecule has 0 aliphatic rings. The molecule has 0 radical (unpaired) electrons. The van der Waals surface area contributed by atoms with Crippen LogP contribution >= 0.6 is 0 Å². The molecular formula is C14H18N4O. The van der Waals surface area contributed by atoms with Gasteiger partial charge >= 0.3 is 0 Å². The van der Waals surface area contributed by atoms with Gasteiger partial charge in [-0.2, -0.15) is 5.10 Å². The first kappa shape index (κ1) is 13.3. The monoisotopic (exact) mass is 258 g/mol. The van der Waals surface area contributed by atoms with E-state index in [-0.39, 0.29) is 11.9 Å². The summed E-state index contributed by atoms with van der Waals surface area (Å²) in [7, 11) is 0. The third-order valence-corrected chi connectivity index (χ3v) is 2.86. The number of hydrogen-bond acceptors (Lipinski definition) is 3. The number of anilines is 1. The van der Waals surface area contributed by atoms with Gasteiger partial charge in [-0.25, -0.2) is 0 Å². The zero-order valence-electron chi connectivity index (χ0n) is 11.1. The second kappa shape index (κ2) is 6.15. The predicted molar refractivity (Wildman–Crippen MR) is 74.6 cm³/mol. The van der Waals surface area contributed by atoms with Crippen molar-refractivity contribution >= 4 is 11.6 Å². The average molecular weight is 258 g/mol. The molecule has 0 saturated heterocycles. The van der Waals surface area contributed by atoms with Crippen molar-refractivity contribution in [3.63, 3.8) is 0 Å². The first-order valence-electron chi connectivity index (χ1n) is 6.24. The van der Waals surface area contributed by atoms with Crippen molar-refractivity contribution in [2.75, 3.05) is 5.32 Å². The van der Waals surface area contributed by atoms with E-state index in [0.717, 1.165) is 23.5 Å². The number of benzene rings is 1. The number of aromatic amines is 1. The van der Waals surface area contributed by atoms with Crippen molar-refractivity contribution in [3.8, 4) is 0 Å². The fourth-order valence-electron chi connectivity index (χ4n) is 1.85. The smallest absolute Gasteiger partial charge is 0.221 e. The highest BCUT2D eigenvalue weighted by atomic mass is 16.1. The SMILES string of the molecule is CC(=O)Nc1cccc(C(C)NCc2ccn[nH]2)c1. The number of hydrogen-bond donors (Lipinski definition) is 3. The minimum Gasteiger partial charge on any atom is -0.326 e. The Bertz CT molecular complexity index is 536. The third-order valence-electron chi connectivity index (χ3n) is 2.86. The van der Waals surface area contributed by atoms with Gasteiger partial charge in [0, 0.05) is 37.1 Å². The first-order valence-corrected chi connectivity index (χ1v) is 6.24. The fourth-order valence-corrected chi connectivity index (χ4v) is 1.85. The normalized spacial score (nSPS) is 12.1. The largest absolute Gasteiger partial charge is 0.326 e. The molecule has 0 aliphatic carbocycles. The van der Waals surface area contributed by atoms with Gasteiger partial charge in [0.2, 0.25) is 5.91 Å². The Morgan fingerprint density at radius 2 is 2.26 bits per heavy atom. The highest BCUT2D eigenvalue weighted by Crippen LogP contribution is 2.17. The van der Waals surface area contributed by atoms with Crippen LogP contribution in [0.15, 0.2) is 36.5 Å². The molecule has 1 heterocycles. The number of amides is 1. The second-order valence-corrected chi connectivity index (χ2v) is 4.49. The van der Waals surface area contributed by atoms with E-state index in [0.29, 0.717) is 0 Å². The lowest BCUT2D eigenvalue weighted by molar-refractivity contribution is -0.114. The molecule has 5 heteroatoms. The molecule has 0 bridgehead atoms. The van der Waals surface area contributed by atoms with Crippen LogP contribution in [-0.4, -0.2) is 16.1 Å². The van der Waals surface area contributed by atoms with Gasteiger partial charge in [0.15, 0.2) is 0 Å². The molecule has 3 N–H and O–H groups in total. The number of aromatic nitrogens is 2. The summed E-state index contributed by atoms with van der Waals surface area (Å²) in [6.07, 6.45) is 1.74. The van der Waals surface area contributed by atoms with E-state index in [1.165, 1.54) is 6.92 Å². The van der Waals surface area contributed by atoms with Crippen molar-refractivity contribution in [3.05, 3.63) is 47.8 Å². The van der Waals surface area contributed by atoms with Gasteiger partial charge in [-0.05, 0) is 30.7 Å². The summed E-state index contributed by atoms with van der Waals surface area (Å²) in [5.74, 6) is -0.0600. The molecule has 0 aliphatic heterocycles. The number of carbonyl (C=O) groups excluding carboxylic acids is 1. The highest BCUT2D eigenvalue weighted by molar-refractivity contribution is 5.88. The number of nitrogens with one attached hydrogen (secondary N) is 3. The van der Waals surface area contributed by atoms with Crippen LogP contribution in [0.1, 0.15) is 31.1 Å². The molecule has 2 aromatic rings. The predicted octanol–water partition coefficient (Wildman–Crippen LogP) is 2.22.